The molecule has 0 fully saturated rings. The van der Waals surface area contributed by atoms with Crippen LogP contribution in [0.1, 0.15) is 12.5 Å². The third-order valence-corrected chi connectivity index (χ3v) is 3.76. The standard InChI is InChI=1S/C17H17ClN2O/c1-2-21-17-5-3-4-16-14(17)8-9-20(16)11-12-6-7-13(18)10-15(12)19/h3-10H,2,11,19H2,1H3. The van der Waals surface area contributed by atoms with Crippen LogP contribution in [0.15, 0.2) is 48.7 Å². The van der Waals surface area contributed by atoms with Crippen LogP contribution < -0.4 is 10.5 Å². The van der Waals surface area contributed by atoms with Gasteiger partial charge in [-0.05, 0) is 42.8 Å². The van der Waals surface area contributed by atoms with Crippen LogP contribution >= 0.6 is 11.6 Å². The minimum Gasteiger partial charge on any atom is -0.493 e. The average molecular weight is 301 g/mol. The molecule has 0 saturated heterocycles. The maximum atomic E-state index is 6.04. The number of ether oxygens (including phenoxy) is 1. The number of anilines is 1. The SMILES string of the molecule is CCOc1cccc2c1ccn2Cc1ccc(Cl)cc1N. The van der Waals surface area contributed by atoms with Crippen molar-refractivity contribution in [2.24, 2.45) is 0 Å². The zero-order valence-electron chi connectivity index (χ0n) is 11.8. The first-order valence-corrected chi connectivity index (χ1v) is 7.31. The van der Waals surface area contributed by atoms with Crippen LogP contribution in [0.25, 0.3) is 10.9 Å². The fraction of sp³-hybridized carbons (Fsp3) is 0.176. The number of rotatable bonds is 4. The molecule has 0 saturated carbocycles. The fourth-order valence-electron chi connectivity index (χ4n) is 2.51. The van der Waals surface area contributed by atoms with Gasteiger partial charge in [0.25, 0.3) is 0 Å². The number of nitrogens with zero attached hydrogens (tertiary/aromatic N) is 1. The number of hydrogen-bond acceptors (Lipinski definition) is 2. The zero-order chi connectivity index (χ0) is 14.8. The summed E-state index contributed by atoms with van der Waals surface area (Å²) >= 11 is 5.95. The number of aromatic nitrogens is 1. The summed E-state index contributed by atoms with van der Waals surface area (Å²) in [4.78, 5) is 0. The summed E-state index contributed by atoms with van der Waals surface area (Å²) in [6.07, 6.45) is 2.06. The molecule has 3 nitrogen and oxygen atoms in total. The molecule has 2 N–H and O–H groups in total. The molecule has 21 heavy (non-hydrogen) atoms. The Morgan fingerprint density at radius 1 is 1.19 bits per heavy atom. The van der Waals surface area contributed by atoms with Crippen molar-refractivity contribution in [3.05, 3.63) is 59.2 Å². The Labute approximate surface area is 128 Å². The lowest BCUT2D eigenvalue weighted by Gasteiger charge is -2.10. The molecule has 1 heterocycles. The Hall–Kier alpha value is -2.13. The topological polar surface area (TPSA) is 40.2 Å². The molecule has 0 radical (unpaired) electrons. The average Bonchev–Trinajstić information content (AvgIpc) is 2.87. The van der Waals surface area contributed by atoms with Gasteiger partial charge in [0.2, 0.25) is 0 Å². The minimum atomic E-state index is 0.659. The van der Waals surface area contributed by atoms with Crippen molar-refractivity contribution in [2.45, 2.75) is 13.5 Å². The first-order chi connectivity index (χ1) is 10.2. The van der Waals surface area contributed by atoms with Crippen LogP contribution in [0.2, 0.25) is 5.02 Å². The predicted octanol–water partition coefficient (Wildman–Crippen LogP) is 4.32. The first-order valence-electron chi connectivity index (χ1n) is 6.93. The summed E-state index contributed by atoms with van der Waals surface area (Å²) in [7, 11) is 0. The van der Waals surface area contributed by atoms with Gasteiger partial charge < -0.3 is 15.0 Å². The third kappa shape index (κ3) is 2.69. The maximum Gasteiger partial charge on any atom is 0.128 e. The van der Waals surface area contributed by atoms with E-state index in [1.54, 1.807) is 6.07 Å². The fourth-order valence-corrected chi connectivity index (χ4v) is 2.69. The second kappa shape index (κ2) is 5.70. The Bertz CT molecular complexity index is 780. The Kier molecular flexibility index (Phi) is 3.76. The molecular weight excluding hydrogens is 284 g/mol. The van der Waals surface area contributed by atoms with Crippen molar-refractivity contribution in [3.63, 3.8) is 0 Å². The number of fused-ring (bicyclic) bond motifs is 1. The van der Waals surface area contributed by atoms with E-state index in [0.717, 1.165) is 22.2 Å². The summed E-state index contributed by atoms with van der Waals surface area (Å²) < 4.78 is 7.83. The number of nitrogens with two attached hydrogens (primary N) is 1. The monoisotopic (exact) mass is 300 g/mol. The summed E-state index contributed by atoms with van der Waals surface area (Å²) in [5.74, 6) is 0.915. The molecule has 0 bridgehead atoms. The smallest absolute Gasteiger partial charge is 0.128 e. The van der Waals surface area contributed by atoms with E-state index in [1.807, 2.05) is 31.2 Å². The van der Waals surface area contributed by atoms with Gasteiger partial charge in [0.05, 0.1) is 12.1 Å². The highest BCUT2D eigenvalue weighted by atomic mass is 35.5. The van der Waals surface area contributed by atoms with E-state index in [0.29, 0.717) is 23.9 Å². The highest BCUT2D eigenvalue weighted by Crippen LogP contribution is 2.28. The van der Waals surface area contributed by atoms with Crippen LogP contribution in [-0.4, -0.2) is 11.2 Å². The van der Waals surface area contributed by atoms with E-state index in [4.69, 9.17) is 22.1 Å². The van der Waals surface area contributed by atoms with Crippen LogP contribution in [0, 0.1) is 0 Å². The molecule has 0 aliphatic heterocycles. The van der Waals surface area contributed by atoms with Crippen molar-refractivity contribution >= 4 is 28.2 Å². The maximum absolute atomic E-state index is 6.04. The molecule has 0 aliphatic carbocycles. The van der Waals surface area contributed by atoms with E-state index in [2.05, 4.69) is 22.9 Å². The minimum absolute atomic E-state index is 0.659. The Morgan fingerprint density at radius 3 is 2.81 bits per heavy atom. The van der Waals surface area contributed by atoms with E-state index >= 15 is 0 Å². The quantitative estimate of drug-likeness (QED) is 0.729. The second-order valence-corrected chi connectivity index (χ2v) is 5.35. The third-order valence-electron chi connectivity index (χ3n) is 3.52. The van der Waals surface area contributed by atoms with Gasteiger partial charge in [-0.3, -0.25) is 0 Å². The van der Waals surface area contributed by atoms with E-state index in [-0.39, 0.29) is 0 Å². The largest absolute Gasteiger partial charge is 0.493 e. The molecule has 3 aromatic rings. The summed E-state index contributed by atoms with van der Waals surface area (Å²) in [6.45, 7) is 3.36. The zero-order valence-corrected chi connectivity index (χ0v) is 12.6. The lowest BCUT2D eigenvalue weighted by molar-refractivity contribution is 0.344. The molecule has 3 rings (SSSR count). The van der Waals surface area contributed by atoms with Crippen LogP contribution in [0.4, 0.5) is 5.69 Å². The van der Waals surface area contributed by atoms with Crippen molar-refractivity contribution in [1.82, 2.24) is 4.57 Å². The number of hydrogen-bond donors (Lipinski definition) is 1. The number of halogens is 1. The first kappa shape index (κ1) is 13.8. The van der Waals surface area contributed by atoms with Gasteiger partial charge in [0, 0.05) is 28.8 Å². The van der Waals surface area contributed by atoms with Gasteiger partial charge >= 0.3 is 0 Å². The Morgan fingerprint density at radius 2 is 2.05 bits per heavy atom. The molecule has 1 aromatic heterocycles. The molecule has 4 heteroatoms. The normalized spacial score (nSPS) is 11.0. The van der Waals surface area contributed by atoms with E-state index in [9.17, 15) is 0 Å². The molecular formula is C17H17ClN2O. The molecule has 0 unspecified atom stereocenters. The molecule has 0 aliphatic rings. The predicted molar refractivity (Wildman–Crippen MR) is 88.1 cm³/mol. The number of nitrogen functional groups attached to an aromatic ring is 1. The van der Waals surface area contributed by atoms with E-state index < -0.39 is 0 Å². The van der Waals surface area contributed by atoms with Gasteiger partial charge in [-0.15, -0.1) is 0 Å². The van der Waals surface area contributed by atoms with Gasteiger partial charge in [-0.25, -0.2) is 0 Å². The van der Waals surface area contributed by atoms with Gasteiger partial charge in [0.15, 0.2) is 0 Å². The lowest BCUT2D eigenvalue weighted by Crippen LogP contribution is -2.02. The van der Waals surface area contributed by atoms with Crippen LogP contribution in [-0.2, 0) is 6.54 Å². The summed E-state index contributed by atoms with van der Waals surface area (Å²) in [5.41, 5.74) is 8.94. The second-order valence-electron chi connectivity index (χ2n) is 4.91. The van der Waals surface area contributed by atoms with Crippen LogP contribution in [0.5, 0.6) is 5.75 Å². The summed E-state index contributed by atoms with van der Waals surface area (Å²) in [6, 6.07) is 13.8. The lowest BCUT2D eigenvalue weighted by atomic mass is 10.2. The van der Waals surface area contributed by atoms with Crippen LogP contribution in [0.3, 0.4) is 0 Å². The molecule has 0 amide bonds. The Balaban J connectivity index is 1.99. The highest BCUT2D eigenvalue weighted by molar-refractivity contribution is 6.30. The highest BCUT2D eigenvalue weighted by Gasteiger charge is 2.08. The van der Waals surface area contributed by atoms with Gasteiger partial charge in [-0.1, -0.05) is 23.7 Å². The van der Waals surface area contributed by atoms with Gasteiger partial charge in [0.1, 0.15) is 5.75 Å². The van der Waals surface area contributed by atoms with Crippen molar-refractivity contribution in [2.75, 3.05) is 12.3 Å². The molecule has 108 valence electrons. The molecule has 0 atom stereocenters. The van der Waals surface area contributed by atoms with Crippen molar-refractivity contribution < 1.29 is 4.74 Å². The molecule has 2 aromatic carbocycles. The van der Waals surface area contributed by atoms with Gasteiger partial charge in [-0.2, -0.15) is 0 Å². The number of benzene rings is 2. The van der Waals surface area contributed by atoms with E-state index in [1.165, 1.54) is 0 Å². The van der Waals surface area contributed by atoms with Crippen molar-refractivity contribution in [3.8, 4) is 5.75 Å². The molecule has 0 spiro atoms. The summed E-state index contributed by atoms with van der Waals surface area (Å²) in [5, 5.41) is 1.78. The van der Waals surface area contributed by atoms with Crippen molar-refractivity contribution in [1.29, 1.82) is 0 Å².